The van der Waals surface area contributed by atoms with Crippen LogP contribution in [-0.4, -0.2) is 44.9 Å². The second-order valence-electron chi connectivity index (χ2n) is 7.01. The Bertz CT molecular complexity index is 1160. The van der Waals surface area contributed by atoms with Gasteiger partial charge in [0.05, 0.1) is 17.6 Å². The number of nitrogens with one attached hydrogen (secondary N) is 2. The van der Waals surface area contributed by atoms with E-state index in [4.69, 9.17) is 5.11 Å². The number of anilines is 1. The SMILES string of the molecule is O=C(O)c1cccc(NC(=O)N2CCc3[nH]cnc3[C@H]2c2ccccc2OC(F)(F)F)c1. The molecule has 0 saturated heterocycles. The average Bonchev–Trinajstić information content (AvgIpc) is 3.21. The molecule has 0 aliphatic carbocycles. The fraction of sp³-hybridized carbons (Fsp3) is 0.190. The second-order valence-corrected chi connectivity index (χ2v) is 7.01. The Balaban J connectivity index is 1.71. The zero-order valence-corrected chi connectivity index (χ0v) is 16.4. The minimum atomic E-state index is -4.91. The Labute approximate surface area is 179 Å². The van der Waals surface area contributed by atoms with E-state index in [1.165, 1.54) is 53.7 Å². The van der Waals surface area contributed by atoms with Crippen LogP contribution in [0.1, 0.15) is 33.4 Å². The van der Waals surface area contributed by atoms with Crippen molar-refractivity contribution < 1.29 is 32.6 Å². The van der Waals surface area contributed by atoms with Crippen molar-refractivity contribution in [3.63, 3.8) is 0 Å². The Morgan fingerprint density at radius 1 is 1.19 bits per heavy atom. The van der Waals surface area contributed by atoms with Gasteiger partial charge in [-0.15, -0.1) is 13.2 Å². The Kier molecular flexibility index (Phi) is 5.47. The van der Waals surface area contributed by atoms with E-state index in [-0.39, 0.29) is 23.4 Å². The highest BCUT2D eigenvalue weighted by Crippen LogP contribution is 2.39. The molecule has 0 radical (unpaired) electrons. The maximum atomic E-state index is 13.1. The lowest BCUT2D eigenvalue weighted by Gasteiger charge is -2.36. The molecular weight excluding hydrogens is 429 g/mol. The lowest BCUT2D eigenvalue weighted by Crippen LogP contribution is -2.43. The van der Waals surface area contributed by atoms with E-state index < -0.39 is 30.2 Å². The van der Waals surface area contributed by atoms with E-state index in [0.717, 1.165) is 0 Å². The number of halogens is 3. The van der Waals surface area contributed by atoms with Crippen LogP contribution in [0.4, 0.5) is 23.7 Å². The van der Waals surface area contributed by atoms with E-state index in [0.29, 0.717) is 17.8 Å². The Morgan fingerprint density at radius 2 is 1.97 bits per heavy atom. The Morgan fingerprint density at radius 3 is 2.72 bits per heavy atom. The summed E-state index contributed by atoms with van der Waals surface area (Å²) < 4.78 is 43.2. The first kappa shape index (κ1) is 21.2. The number of ether oxygens (including phenoxy) is 1. The summed E-state index contributed by atoms with van der Waals surface area (Å²) in [6.45, 7) is 0.185. The van der Waals surface area contributed by atoms with Crippen molar-refractivity contribution in [3.8, 4) is 5.75 Å². The summed E-state index contributed by atoms with van der Waals surface area (Å²) in [5.41, 5.74) is 1.45. The number of imidazole rings is 1. The summed E-state index contributed by atoms with van der Waals surface area (Å²) in [5, 5.41) is 11.8. The number of fused-ring (bicyclic) bond motifs is 1. The molecule has 166 valence electrons. The van der Waals surface area contributed by atoms with Gasteiger partial charge in [0.15, 0.2) is 0 Å². The molecule has 0 fully saturated rings. The molecule has 0 spiro atoms. The number of benzene rings is 2. The molecule has 1 aromatic heterocycles. The van der Waals surface area contributed by atoms with Crippen LogP contribution < -0.4 is 10.1 Å². The van der Waals surface area contributed by atoms with E-state index in [9.17, 15) is 22.8 Å². The van der Waals surface area contributed by atoms with Crippen LogP contribution >= 0.6 is 0 Å². The minimum Gasteiger partial charge on any atom is -0.478 e. The number of urea groups is 1. The molecule has 1 aliphatic rings. The predicted molar refractivity (Wildman–Crippen MR) is 106 cm³/mol. The number of carbonyl (C=O) groups is 2. The van der Waals surface area contributed by atoms with Gasteiger partial charge in [-0.05, 0) is 24.3 Å². The molecule has 1 atom stereocenters. The first-order chi connectivity index (χ1) is 15.2. The number of alkyl halides is 3. The number of nitrogens with zero attached hydrogens (tertiary/aromatic N) is 2. The number of rotatable bonds is 4. The summed E-state index contributed by atoms with van der Waals surface area (Å²) in [6.07, 6.45) is -3.08. The molecule has 2 amide bonds. The number of aromatic nitrogens is 2. The first-order valence-corrected chi connectivity index (χ1v) is 9.51. The van der Waals surface area contributed by atoms with Crippen molar-refractivity contribution in [1.82, 2.24) is 14.9 Å². The van der Waals surface area contributed by atoms with Crippen molar-refractivity contribution >= 4 is 17.7 Å². The molecule has 3 aromatic rings. The average molecular weight is 446 g/mol. The molecule has 4 rings (SSSR count). The van der Waals surface area contributed by atoms with Gasteiger partial charge in [0.2, 0.25) is 0 Å². The molecule has 11 heteroatoms. The van der Waals surface area contributed by atoms with Gasteiger partial charge in [-0.2, -0.15) is 0 Å². The van der Waals surface area contributed by atoms with Crippen LogP contribution in [0.15, 0.2) is 54.9 Å². The van der Waals surface area contributed by atoms with Crippen molar-refractivity contribution in [2.45, 2.75) is 18.8 Å². The summed E-state index contributed by atoms with van der Waals surface area (Å²) in [5.74, 6) is -1.59. The van der Waals surface area contributed by atoms with Crippen LogP contribution in [0.5, 0.6) is 5.75 Å². The fourth-order valence-corrected chi connectivity index (χ4v) is 3.66. The summed E-state index contributed by atoms with van der Waals surface area (Å²) in [7, 11) is 0. The van der Waals surface area contributed by atoms with Crippen molar-refractivity contribution in [3.05, 3.63) is 77.4 Å². The second kappa shape index (κ2) is 8.25. The molecule has 2 aromatic carbocycles. The number of aromatic carboxylic acids is 1. The third-order valence-corrected chi connectivity index (χ3v) is 4.99. The summed E-state index contributed by atoms with van der Waals surface area (Å²) in [4.78, 5) is 32.9. The largest absolute Gasteiger partial charge is 0.573 e. The molecule has 0 bridgehead atoms. The minimum absolute atomic E-state index is 0.0171. The van der Waals surface area contributed by atoms with E-state index in [2.05, 4.69) is 20.0 Å². The number of carboxylic acids is 1. The topological polar surface area (TPSA) is 108 Å². The molecule has 1 aliphatic heterocycles. The molecule has 0 saturated carbocycles. The lowest BCUT2D eigenvalue weighted by atomic mass is 9.95. The van der Waals surface area contributed by atoms with E-state index >= 15 is 0 Å². The highest BCUT2D eigenvalue weighted by Gasteiger charge is 2.38. The number of aromatic amines is 1. The quantitative estimate of drug-likeness (QED) is 0.557. The molecule has 2 heterocycles. The number of hydrogen-bond donors (Lipinski definition) is 3. The van der Waals surface area contributed by atoms with Crippen molar-refractivity contribution in [2.24, 2.45) is 0 Å². The zero-order valence-electron chi connectivity index (χ0n) is 16.4. The van der Waals surface area contributed by atoms with Gasteiger partial charge in [-0.25, -0.2) is 14.6 Å². The Hall–Kier alpha value is -4.02. The number of carboxylic acid groups (broad SMARTS) is 1. The van der Waals surface area contributed by atoms with Crippen LogP contribution in [0.2, 0.25) is 0 Å². The van der Waals surface area contributed by atoms with Gasteiger partial charge in [0, 0.05) is 29.9 Å². The van der Waals surface area contributed by atoms with E-state index in [1.807, 2.05) is 0 Å². The van der Waals surface area contributed by atoms with Gasteiger partial charge in [0.25, 0.3) is 0 Å². The van der Waals surface area contributed by atoms with Crippen LogP contribution in [0, 0.1) is 0 Å². The standard InChI is InChI=1S/C21H17F3N4O4/c22-21(23,24)32-16-7-2-1-6-14(16)18-17-15(25-11-26-17)8-9-28(18)20(31)27-13-5-3-4-12(10-13)19(29)30/h1-7,10-11,18H,8-9H2,(H,25,26)(H,27,31)(H,29,30)/t18-/m1/s1. The van der Waals surface area contributed by atoms with Gasteiger partial charge >= 0.3 is 18.4 Å². The molecule has 32 heavy (non-hydrogen) atoms. The highest BCUT2D eigenvalue weighted by atomic mass is 19.4. The highest BCUT2D eigenvalue weighted by molar-refractivity contribution is 5.93. The van der Waals surface area contributed by atoms with Gasteiger partial charge in [0.1, 0.15) is 11.8 Å². The molecule has 0 unspecified atom stereocenters. The smallest absolute Gasteiger partial charge is 0.478 e. The van der Waals surface area contributed by atoms with Crippen molar-refractivity contribution in [1.29, 1.82) is 0 Å². The predicted octanol–water partition coefficient (Wildman–Crippen LogP) is 4.19. The maximum absolute atomic E-state index is 13.1. The van der Waals surface area contributed by atoms with Gasteiger partial charge < -0.3 is 25.0 Å². The van der Waals surface area contributed by atoms with Crippen molar-refractivity contribution in [2.75, 3.05) is 11.9 Å². The van der Waals surface area contributed by atoms with Crippen LogP contribution in [0.3, 0.4) is 0 Å². The number of para-hydroxylation sites is 1. The molecular formula is C21H17F3N4O4. The van der Waals surface area contributed by atoms with Crippen LogP contribution in [-0.2, 0) is 6.42 Å². The fourth-order valence-electron chi connectivity index (χ4n) is 3.66. The molecule has 3 N–H and O–H groups in total. The maximum Gasteiger partial charge on any atom is 0.573 e. The third kappa shape index (κ3) is 4.36. The monoisotopic (exact) mass is 446 g/mol. The number of amides is 2. The zero-order chi connectivity index (χ0) is 22.9. The molecule has 8 nitrogen and oxygen atoms in total. The normalized spacial score (nSPS) is 15.7. The summed E-state index contributed by atoms with van der Waals surface area (Å²) in [6, 6.07) is 9.67. The summed E-state index contributed by atoms with van der Waals surface area (Å²) >= 11 is 0. The number of carbonyl (C=O) groups excluding carboxylic acids is 1. The number of hydrogen-bond acceptors (Lipinski definition) is 4. The van der Waals surface area contributed by atoms with Gasteiger partial charge in [-0.3, -0.25) is 0 Å². The lowest BCUT2D eigenvalue weighted by molar-refractivity contribution is -0.275. The number of H-pyrrole nitrogens is 1. The van der Waals surface area contributed by atoms with E-state index in [1.54, 1.807) is 6.07 Å². The van der Waals surface area contributed by atoms with Gasteiger partial charge in [-0.1, -0.05) is 24.3 Å². The first-order valence-electron chi connectivity index (χ1n) is 9.51. The third-order valence-electron chi connectivity index (χ3n) is 4.99. The van der Waals surface area contributed by atoms with Crippen LogP contribution in [0.25, 0.3) is 0 Å².